The van der Waals surface area contributed by atoms with Crippen LogP contribution in [0.25, 0.3) is 0 Å². The number of hydrogen-bond acceptors (Lipinski definition) is 3. The van der Waals surface area contributed by atoms with Gasteiger partial charge in [-0.2, -0.15) is 0 Å². The Balaban J connectivity index is 0.00000264. The van der Waals surface area contributed by atoms with Crippen molar-refractivity contribution in [2.75, 3.05) is 18.4 Å². The maximum atomic E-state index is 5.92. The summed E-state index contributed by atoms with van der Waals surface area (Å²) < 4.78 is 5.74. The van der Waals surface area contributed by atoms with Crippen molar-refractivity contribution >= 4 is 35.5 Å². The van der Waals surface area contributed by atoms with Gasteiger partial charge in [-0.05, 0) is 37.3 Å². The molecule has 0 aliphatic carbocycles. The molecule has 1 unspecified atom stereocenters. The summed E-state index contributed by atoms with van der Waals surface area (Å²) in [7, 11) is 0. The largest absolute Gasteiger partial charge is 0.489 e. The number of amidine groups is 1. The van der Waals surface area contributed by atoms with Gasteiger partial charge in [-0.3, -0.25) is 4.99 Å². The molecule has 6 heteroatoms. The van der Waals surface area contributed by atoms with Crippen LogP contribution in [0.5, 0.6) is 5.75 Å². The third-order valence-electron chi connectivity index (χ3n) is 2.93. The summed E-state index contributed by atoms with van der Waals surface area (Å²) in [6.45, 7) is 2.95. The lowest BCUT2D eigenvalue weighted by molar-refractivity contribution is 0.230. The zero-order chi connectivity index (χ0) is 15.8. The van der Waals surface area contributed by atoms with Crippen LogP contribution in [-0.4, -0.2) is 25.0 Å². The van der Waals surface area contributed by atoms with Gasteiger partial charge < -0.3 is 15.8 Å². The Labute approximate surface area is 148 Å². The summed E-state index contributed by atoms with van der Waals surface area (Å²) in [5, 5.41) is 3.86. The normalized spacial score (nSPS) is 12.2. The quantitative estimate of drug-likeness (QED) is 0.584. The first-order valence-corrected chi connectivity index (χ1v) is 7.51. The number of rotatable bonds is 7. The molecular formula is C17H21Cl2N3O. The molecule has 0 fully saturated rings. The highest BCUT2D eigenvalue weighted by atomic mass is 35.5. The van der Waals surface area contributed by atoms with E-state index in [1.54, 1.807) is 6.07 Å². The molecule has 0 amide bonds. The molecule has 0 aliphatic rings. The van der Waals surface area contributed by atoms with Crippen LogP contribution in [0.3, 0.4) is 0 Å². The second-order valence-corrected chi connectivity index (χ2v) is 5.37. The van der Waals surface area contributed by atoms with Crippen LogP contribution < -0.4 is 15.8 Å². The van der Waals surface area contributed by atoms with Crippen LogP contribution >= 0.6 is 24.0 Å². The van der Waals surface area contributed by atoms with Gasteiger partial charge in [0.05, 0.1) is 13.1 Å². The first kappa shape index (κ1) is 19.1. The minimum atomic E-state index is -0.0752. The highest BCUT2D eigenvalue weighted by Crippen LogP contribution is 2.18. The van der Waals surface area contributed by atoms with Crippen LogP contribution in [0.15, 0.2) is 59.6 Å². The second-order valence-electron chi connectivity index (χ2n) is 4.94. The van der Waals surface area contributed by atoms with Gasteiger partial charge in [0.1, 0.15) is 17.7 Å². The second kappa shape index (κ2) is 9.98. The molecule has 0 aliphatic heterocycles. The topological polar surface area (TPSA) is 59.6 Å². The predicted octanol–water partition coefficient (Wildman–Crippen LogP) is 4.00. The Kier molecular flexibility index (Phi) is 8.30. The zero-order valence-corrected chi connectivity index (χ0v) is 14.5. The monoisotopic (exact) mass is 353 g/mol. The average molecular weight is 354 g/mol. The van der Waals surface area contributed by atoms with E-state index >= 15 is 0 Å². The number of nitrogens with one attached hydrogen (secondary N) is 1. The van der Waals surface area contributed by atoms with Gasteiger partial charge in [0.15, 0.2) is 0 Å². The standard InChI is InChI=1S/C17H20ClN3O.ClH/c1-13(22-16-9-5-6-14(18)10-16)11-21-17(19)12-20-15-7-3-2-4-8-15;/h2-10,13,20H,11-12H2,1H3,(H2,19,21);1H. The molecule has 0 heterocycles. The van der Waals surface area contributed by atoms with Crippen molar-refractivity contribution in [3.05, 3.63) is 59.6 Å². The van der Waals surface area contributed by atoms with E-state index < -0.39 is 0 Å². The maximum Gasteiger partial charge on any atom is 0.121 e. The van der Waals surface area contributed by atoms with Crippen molar-refractivity contribution in [2.45, 2.75) is 13.0 Å². The maximum absolute atomic E-state index is 5.92. The van der Waals surface area contributed by atoms with Gasteiger partial charge in [-0.25, -0.2) is 0 Å². The molecule has 0 radical (unpaired) electrons. The third-order valence-corrected chi connectivity index (χ3v) is 3.17. The smallest absolute Gasteiger partial charge is 0.121 e. The number of ether oxygens (including phenoxy) is 1. The van der Waals surface area contributed by atoms with Crippen molar-refractivity contribution in [3.63, 3.8) is 0 Å². The third kappa shape index (κ3) is 7.26. The van der Waals surface area contributed by atoms with Gasteiger partial charge in [-0.15, -0.1) is 12.4 Å². The van der Waals surface area contributed by atoms with Crippen molar-refractivity contribution in [1.29, 1.82) is 0 Å². The molecule has 124 valence electrons. The molecule has 4 nitrogen and oxygen atoms in total. The predicted molar refractivity (Wildman–Crippen MR) is 100 cm³/mol. The van der Waals surface area contributed by atoms with E-state index in [4.69, 9.17) is 22.1 Å². The van der Waals surface area contributed by atoms with Crippen LogP contribution in [-0.2, 0) is 0 Å². The number of para-hydroxylation sites is 1. The number of nitrogens with two attached hydrogens (primary N) is 1. The number of halogens is 2. The molecule has 0 saturated carbocycles. The fraction of sp³-hybridized carbons (Fsp3) is 0.235. The molecule has 23 heavy (non-hydrogen) atoms. The molecule has 2 rings (SSSR count). The Hall–Kier alpha value is -1.91. The van der Waals surface area contributed by atoms with Crippen LogP contribution in [0.2, 0.25) is 5.02 Å². The van der Waals surface area contributed by atoms with E-state index in [0.29, 0.717) is 23.9 Å². The number of aliphatic imine (C=N–C) groups is 1. The lowest BCUT2D eigenvalue weighted by Gasteiger charge is -2.13. The highest BCUT2D eigenvalue weighted by Gasteiger charge is 2.04. The lowest BCUT2D eigenvalue weighted by Crippen LogP contribution is -2.25. The Morgan fingerprint density at radius 3 is 2.65 bits per heavy atom. The van der Waals surface area contributed by atoms with Gasteiger partial charge >= 0.3 is 0 Å². The molecule has 0 spiro atoms. The number of anilines is 1. The van der Waals surface area contributed by atoms with Crippen molar-refractivity contribution in [2.24, 2.45) is 10.7 Å². The summed E-state index contributed by atoms with van der Waals surface area (Å²) in [4.78, 5) is 4.33. The Bertz CT molecular complexity index is 620. The molecule has 0 aromatic heterocycles. The Morgan fingerprint density at radius 1 is 1.22 bits per heavy atom. The molecule has 1 atom stereocenters. The van der Waals surface area contributed by atoms with Gasteiger partial charge in [-0.1, -0.05) is 35.9 Å². The minimum absolute atomic E-state index is 0. The number of hydrogen-bond donors (Lipinski definition) is 2. The van der Waals surface area contributed by atoms with Gasteiger partial charge in [0.2, 0.25) is 0 Å². The van der Waals surface area contributed by atoms with E-state index in [2.05, 4.69) is 10.3 Å². The summed E-state index contributed by atoms with van der Waals surface area (Å²) in [5.41, 5.74) is 6.92. The van der Waals surface area contributed by atoms with Crippen LogP contribution in [0, 0.1) is 0 Å². The Morgan fingerprint density at radius 2 is 1.96 bits per heavy atom. The molecular weight excluding hydrogens is 333 g/mol. The molecule has 2 aromatic rings. The van der Waals surface area contributed by atoms with Crippen LogP contribution in [0.4, 0.5) is 5.69 Å². The lowest BCUT2D eigenvalue weighted by atomic mass is 10.3. The van der Waals surface area contributed by atoms with E-state index in [1.165, 1.54) is 0 Å². The summed E-state index contributed by atoms with van der Waals surface area (Å²) in [5.74, 6) is 1.28. The zero-order valence-electron chi connectivity index (χ0n) is 12.9. The number of benzene rings is 2. The highest BCUT2D eigenvalue weighted by molar-refractivity contribution is 6.30. The first-order chi connectivity index (χ1) is 10.6. The summed E-state index contributed by atoms with van der Waals surface area (Å²) >= 11 is 5.92. The van der Waals surface area contributed by atoms with E-state index in [9.17, 15) is 0 Å². The van der Waals surface area contributed by atoms with Crippen molar-refractivity contribution in [1.82, 2.24) is 0 Å². The van der Waals surface area contributed by atoms with Crippen molar-refractivity contribution in [3.8, 4) is 5.75 Å². The minimum Gasteiger partial charge on any atom is -0.489 e. The number of nitrogens with zero attached hydrogens (tertiary/aromatic N) is 1. The van der Waals surface area contributed by atoms with Crippen LogP contribution in [0.1, 0.15) is 6.92 Å². The SMILES string of the molecule is CC(CN=C(N)CNc1ccccc1)Oc1cccc(Cl)c1.Cl. The van der Waals surface area contributed by atoms with Gasteiger partial charge in [0.25, 0.3) is 0 Å². The summed E-state index contributed by atoms with van der Waals surface area (Å²) in [6.07, 6.45) is -0.0752. The van der Waals surface area contributed by atoms with Gasteiger partial charge in [0, 0.05) is 10.7 Å². The molecule has 3 N–H and O–H groups in total. The van der Waals surface area contributed by atoms with Crippen molar-refractivity contribution < 1.29 is 4.74 Å². The molecule has 0 saturated heterocycles. The molecule has 2 aromatic carbocycles. The average Bonchev–Trinajstić information content (AvgIpc) is 2.52. The molecule has 0 bridgehead atoms. The van der Waals surface area contributed by atoms with E-state index in [0.717, 1.165) is 11.4 Å². The fourth-order valence-corrected chi connectivity index (χ4v) is 2.04. The van der Waals surface area contributed by atoms with E-state index in [1.807, 2.05) is 55.5 Å². The fourth-order valence-electron chi connectivity index (χ4n) is 1.86. The summed E-state index contributed by atoms with van der Waals surface area (Å²) in [6, 6.07) is 17.2. The first-order valence-electron chi connectivity index (χ1n) is 7.13. The van der Waals surface area contributed by atoms with E-state index in [-0.39, 0.29) is 18.5 Å².